The summed E-state index contributed by atoms with van der Waals surface area (Å²) >= 11 is 5.96. The maximum Gasteiger partial charge on any atom is 0.138 e. The Balaban J connectivity index is 2.03. The first-order valence-corrected chi connectivity index (χ1v) is 6.63. The average molecular weight is 266 g/mol. The number of fused-ring (bicyclic) bond motifs is 2. The van der Waals surface area contributed by atoms with E-state index in [1.165, 1.54) is 0 Å². The molecule has 1 unspecified atom stereocenters. The third kappa shape index (κ3) is 1.69. The molecule has 0 radical (unpaired) electrons. The molecule has 1 aromatic heterocycles. The van der Waals surface area contributed by atoms with E-state index in [1.807, 2.05) is 19.9 Å². The van der Waals surface area contributed by atoms with Crippen molar-refractivity contribution in [3.05, 3.63) is 28.5 Å². The fraction of sp³-hybridized carbons (Fsp3) is 0.571. The zero-order chi connectivity index (χ0) is 13.0. The largest absolute Gasteiger partial charge is 0.364 e. The van der Waals surface area contributed by atoms with Gasteiger partial charge in [0.05, 0.1) is 17.3 Å². The second-order valence-electron chi connectivity index (χ2n) is 5.93. The minimum atomic E-state index is -0.378. The number of halogens is 1. The molecule has 18 heavy (non-hydrogen) atoms. The van der Waals surface area contributed by atoms with Crippen molar-refractivity contribution in [2.24, 2.45) is 5.41 Å². The van der Waals surface area contributed by atoms with Gasteiger partial charge in [0.2, 0.25) is 0 Å². The van der Waals surface area contributed by atoms with E-state index >= 15 is 0 Å². The molecule has 2 aliphatic rings. The number of carbonyl (C=O) groups is 1. The summed E-state index contributed by atoms with van der Waals surface area (Å²) < 4.78 is 6.02. The highest BCUT2D eigenvalue weighted by molar-refractivity contribution is 6.30. The summed E-state index contributed by atoms with van der Waals surface area (Å²) in [5.74, 6) is 0.319. The van der Waals surface area contributed by atoms with E-state index in [4.69, 9.17) is 16.3 Å². The van der Waals surface area contributed by atoms with Gasteiger partial charge in [0.25, 0.3) is 0 Å². The summed E-state index contributed by atoms with van der Waals surface area (Å²) in [5, 5.41) is 0.639. The molecule has 96 valence electrons. The molecule has 0 saturated heterocycles. The fourth-order valence-electron chi connectivity index (χ4n) is 3.17. The van der Waals surface area contributed by atoms with Crippen LogP contribution in [0.2, 0.25) is 5.02 Å². The topological polar surface area (TPSA) is 39.2 Å². The van der Waals surface area contributed by atoms with Crippen molar-refractivity contribution in [3.8, 4) is 0 Å². The Morgan fingerprint density at radius 1 is 1.44 bits per heavy atom. The van der Waals surface area contributed by atoms with Gasteiger partial charge in [-0.3, -0.25) is 9.78 Å². The number of ether oxygens (including phenoxy) is 1. The first kappa shape index (κ1) is 12.1. The standard InChI is InChI=1S/C14H16ClNO2/c1-13(2)8-14(4-3-11(13)17)12-9(7-18-14)5-10(15)6-16-12/h5-6H,3-4,7-8H2,1-2H3. The SMILES string of the molecule is CC1(C)CC2(CCC1=O)OCc1cc(Cl)cnc12. The minimum absolute atomic E-state index is 0.319. The molecule has 0 N–H and O–H groups in total. The second kappa shape index (κ2) is 3.78. The molecule has 1 fully saturated rings. The van der Waals surface area contributed by atoms with Crippen LogP contribution in [0.25, 0.3) is 0 Å². The summed E-state index contributed by atoms with van der Waals surface area (Å²) in [5.41, 5.74) is 1.33. The third-order valence-corrected chi connectivity index (χ3v) is 4.31. The van der Waals surface area contributed by atoms with E-state index in [9.17, 15) is 4.79 Å². The Kier molecular flexibility index (Phi) is 2.55. The van der Waals surface area contributed by atoms with Crippen LogP contribution in [0.4, 0.5) is 0 Å². The highest BCUT2D eigenvalue weighted by Crippen LogP contribution is 2.50. The predicted octanol–water partition coefficient (Wildman–Crippen LogP) is 3.24. The molecule has 0 bridgehead atoms. The molecule has 3 rings (SSSR count). The van der Waals surface area contributed by atoms with Gasteiger partial charge in [0.15, 0.2) is 0 Å². The smallest absolute Gasteiger partial charge is 0.138 e. The predicted molar refractivity (Wildman–Crippen MR) is 68.4 cm³/mol. The van der Waals surface area contributed by atoms with Crippen molar-refractivity contribution >= 4 is 17.4 Å². The molecule has 1 aliphatic heterocycles. The zero-order valence-electron chi connectivity index (χ0n) is 10.6. The molecular formula is C14H16ClNO2. The van der Waals surface area contributed by atoms with Crippen molar-refractivity contribution < 1.29 is 9.53 Å². The molecule has 1 atom stereocenters. The van der Waals surface area contributed by atoms with Crippen LogP contribution in [0.1, 0.15) is 44.4 Å². The third-order valence-electron chi connectivity index (χ3n) is 4.11. The molecule has 1 aromatic rings. The van der Waals surface area contributed by atoms with Gasteiger partial charge in [0, 0.05) is 23.6 Å². The van der Waals surface area contributed by atoms with Crippen LogP contribution < -0.4 is 0 Å². The van der Waals surface area contributed by atoms with E-state index < -0.39 is 0 Å². The van der Waals surface area contributed by atoms with E-state index in [0.29, 0.717) is 30.3 Å². The number of hydrogen-bond acceptors (Lipinski definition) is 3. The molecule has 0 aromatic carbocycles. The summed E-state index contributed by atoms with van der Waals surface area (Å²) in [6.45, 7) is 4.54. The normalized spacial score (nSPS) is 29.6. The monoisotopic (exact) mass is 265 g/mol. The summed E-state index contributed by atoms with van der Waals surface area (Å²) in [7, 11) is 0. The molecule has 3 nitrogen and oxygen atoms in total. The minimum Gasteiger partial charge on any atom is -0.364 e. The van der Waals surface area contributed by atoms with Crippen LogP contribution in [0.3, 0.4) is 0 Å². The maximum atomic E-state index is 11.9. The number of hydrogen-bond donors (Lipinski definition) is 0. The van der Waals surface area contributed by atoms with Gasteiger partial charge >= 0.3 is 0 Å². The first-order valence-electron chi connectivity index (χ1n) is 6.25. The second-order valence-corrected chi connectivity index (χ2v) is 6.36. The number of pyridine rings is 1. The lowest BCUT2D eigenvalue weighted by Gasteiger charge is -2.40. The summed E-state index contributed by atoms with van der Waals surface area (Å²) in [4.78, 5) is 16.4. The van der Waals surface area contributed by atoms with Crippen molar-refractivity contribution in [3.63, 3.8) is 0 Å². The van der Waals surface area contributed by atoms with Gasteiger partial charge in [-0.1, -0.05) is 25.4 Å². The van der Waals surface area contributed by atoms with Crippen LogP contribution >= 0.6 is 11.6 Å². The summed E-state index contributed by atoms with van der Waals surface area (Å²) in [6.07, 6.45) is 3.67. The van der Waals surface area contributed by atoms with Crippen LogP contribution in [-0.2, 0) is 21.7 Å². The molecule has 1 saturated carbocycles. The average Bonchev–Trinajstić information content (AvgIpc) is 2.62. The van der Waals surface area contributed by atoms with Crippen LogP contribution in [0, 0.1) is 5.41 Å². The van der Waals surface area contributed by atoms with Crippen molar-refractivity contribution in [1.29, 1.82) is 0 Å². The number of aromatic nitrogens is 1. The molecule has 1 aliphatic carbocycles. The Bertz CT molecular complexity index is 527. The van der Waals surface area contributed by atoms with Gasteiger partial charge in [-0.2, -0.15) is 0 Å². The number of carbonyl (C=O) groups excluding carboxylic acids is 1. The molecule has 1 spiro atoms. The van der Waals surface area contributed by atoms with E-state index in [-0.39, 0.29) is 11.0 Å². The number of nitrogens with zero attached hydrogens (tertiary/aromatic N) is 1. The lowest BCUT2D eigenvalue weighted by atomic mass is 9.68. The quantitative estimate of drug-likeness (QED) is 0.723. The number of Topliss-reactive ketones (excluding diaryl/α,β-unsaturated/α-hetero) is 1. The number of ketones is 1. The molecule has 0 amide bonds. The first-order chi connectivity index (χ1) is 8.43. The van der Waals surface area contributed by atoms with Crippen molar-refractivity contribution in [1.82, 2.24) is 4.98 Å². The Labute approximate surface area is 112 Å². The Morgan fingerprint density at radius 3 is 2.94 bits per heavy atom. The zero-order valence-corrected chi connectivity index (χ0v) is 11.4. The van der Waals surface area contributed by atoms with Gasteiger partial charge in [0.1, 0.15) is 11.4 Å². The lowest BCUT2D eigenvalue weighted by molar-refractivity contribution is -0.145. The Morgan fingerprint density at radius 2 is 2.22 bits per heavy atom. The number of rotatable bonds is 0. The van der Waals surface area contributed by atoms with Crippen molar-refractivity contribution in [2.45, 2.75) is 45.3 Å². The fourth-order valence-corrected chi connectivity index (χ4v) is 3.35. The van der Waals surface area contributed by atoms with E-state index in [0.717, 1.165) is 17.7 Å². The highest BCUT2D eigenvalue weighted by atomic mass is 35.5. The van der Waals surface area contributed by atoms with Crippen LogP contribution in [0.5, 0.6) is 0 Å². The molecule has 4 heteroatoms. The van der Waals surface area contributed by atoms with E-state index in [1.54, 1.807) is 6.20 Å². The van der Waals surface area contributed by atoms with Crippen LogP contribution in [-0.4, -0.2) is 10.8 Å². The summed E-state index contributed by atoms with van der Waals surface area (Å²) in [6, 6.07) is 1.92. The lowest BCUT2D eigenvalue weighted by Crippen LogP contribution is -2.42. The van der Waals surface area contributed by atoms with Gasteiger partial charge in [-0.05, 0) is 18.9 Å². The molecule has 2 heterocycles. The van der Waals surface area contributed by atoms with E-state index in [2.05, 4.69) is 4.98 Å². The molecular weight excluding hydrogens is 250 g/mol. The highest BCUT2D eigenvalue weighted by Gasteiger charge is 2.50. The maximum absolute atomic E-state index is 11.9. The van der Waals surface area contributed by atoms with Crippen molar-refractivity contribution in [2.75, 3.05) is 0 Å². The van der Waals surface area contributed by atoms with Gasteiger partial charge < -0.3 is 4.74 Å². The van der Waals surface area contributed by atoms with Gasteiger partial charge in [-0.25, -0.2) is 0 Å². The Hall–Kier alpha value is -0.930. The van der Waals surface area contributed by atoms with Crippen LogP contribution in [0.15, 0.2) is 12.3 Å². The van der Waals surface area contributed by atoms with Gasteiger partial charge in [-0.15, -0.1) is 0 Å².